The third-order valence-electron chi connectivity index (χ3n) is 3.11. The first kappa shape index (κ1) is 15.8. The number of fused-ring (bicyclic) bond motifs is 1. The van der Waals surface area contributed by atoms with Gasteiger partial charge in [0.1, 0.15) is 10.6 Å². The number of thioether (sulfide) groups is 1. The van der Waals surface area contributed by atoms with Crippen molar-refractivity contribution in [1.82, 2.24) is 15.3 Å². The van der Waals surface area contributed by atoms with Crippen LogP contribution in [-0.4, -0.2) is 27.7 Å². The number of anilines is 1. The molecule has 2 aromatic heterocycles. The fraction of sp³-hybridized carbons (Fsp3) is 0.357. The molecule has 0 aliphatic heterocycles. The number of nitrogen functional groups attached to an aromatic ring is 1. The van der Waals surface area contributed by atoms with Gasteiger partial charge < -0.3 is 11.1 Å². The third-order valence-corrected chi connectivity index (χ3v) is 5.17. The van der Waals surface area contributed by atoms with Crippen LogP contribution in [0.1, 0.15) is 17.4 Å². The second-order valence-corrected chi connectivity index (χ2v) is 7.16. The first-order valence-electron chi connectivity index (χ1n) is 6.52. The molecule has 1 amide bonds. The summed E-state index contributed by atoms with van der Waals surface area (Å²) in [5.41, 5.74) is 7.16. The molecule has 0 saturated carbocycles. The normalized spacial score (nSPS) is 12.3. The van der Waals surface area contributed by atoms with Gasteiger partial charge in [-0.25, -0.2) is 9.97 Å². The summed E-state index contributed by atoms with van der Waals surface area (Å²) >= 11 is 2.90. The zero-order valence-electron chi connectivity index (χ0n) is 12.3. The first-order valence-corrected chi connectivity index (χ1v) is 8.22. The molecule has 21 heavy (non-hydrogen) atoms. The van der Waals surface area contributed by atoms with Gasteiger partial charge in [-0.05, 0) is 26.3 Å². The summed E-state index contributed by atoms with van der Waals surface area (Å²) < 4.78 is 0. The number of carbonyl (C=O) groups excluding carboxylic acids is 1. The number of thiophene rings is 1. The summed E-state index contributed by atoms with van der Waals surface area (Å²) in [6.07, 6.45) is 1.65. The minimum Gasteiger partial charge on any atom is -0.383 e. The lowest BCUT2D eigenvalue weighted by Crippen LogP contribution is -2.31. The number of carbonyl (C=O) groups is 1. The van der Waals surface area contributed by atoms with E-state index in [1.165, 1.54) is 16.6 Å². The summed E-state index contributed by atoms with van der Waals surface area (Å²) in [5.74, 6) is 0.406. The van der Waals surface area contributed by atoms with Gasteiger partial charge in [0.15, 0.2) is 5.16 Å². The maximum absolute atomic E-state index is 11.8. The molecular weight excluding hydrogens is 304 g/mol. The highest BCUT2D eigenvalue weighted by molar-refractivity contribution is 8.00. The van der Waals surface area contributed by atoms with Gasteiger partial charge >= 0.3 is 0 Å². The van der Waals surface area contributed by atoms with E-state index in [0.29, 0.717) is 17.5 Å². The Kier molecular flexibility index (Phi) is 4.84. The number of amides is 1. The molecule has 1 atom stereocenters. The Morgan fingerprint density at radius 3 is 2.90 bits per heavy atom. The van der Waals surface area contributed by atoms with Gasteiger partial charge in [-0.2, -0.15) is 0 Å². The number of nitrogens with two attached hydrogens (primary N) is 1. The van der Waals surface area contributed by atoms with E-state index < -0.39 is 0 Å². The average molecular weight is 322 g/mol. The van der Waals surface area contributed by atoms with Crippen molar-refractivity contribution in [3.05, 3.63) is 23.1 Å². The molecular formula is C14H18N4OS2. The summed E-state index contributed by atoms with van der Waals surface area (Å²) in [4.78, 5) is 22.7. The SMILES string of the molecule is C=CCNC(=O)C(C)Sc1nc(N)c2c(C)c(C)sc2n1. The number of nitrogens with one attached hydrogen (secondary N) is 1. The van der Waals surface area contributed by atoms with Crippen LogP contribution in [0.5, 0.6) is 0 Å². The number of rotatable bonds is 5. The van der Waals surface area contributed by atoms with E-state index >= 15 is 0 Å². The highest BCUT2D eigenvalue weighted by Gasteiger charge is 2.18. The molecule has 0 saturated heterocycles. The summed E-state index contributed by atoms with van der Waals surface area (Å²) in [5, 5.41) is 3.92. The smallest absolute Gasteiger partial charge is 0.233 e. The monoisotopic (exact) mass is 322 g/mol. The van der Waals surface area contributed by atoms with Crippen molar-refractivity contribution >= 4 is 45.0 Å². The molecule has 3 N–H and O–H groups in total. The van der Waals surface area contributed by atoms with E-state index in [1.54, 1.807) is 17.4 Å². The Morgan fingerprint density at radius 2 is 2.24 bits per heavy atom. The van der Waals surface area contributed by atoms with E-state index in [2.05, 4.69) is 21.9 Å². The van der Waals surface area contributed by atoms with E-state index in [4.69, 9.17) is 5.73 Å². The van der Waals surface area contributed by atoms with Gasteiger partial charge in [0.2, 0.25) is 5.91 Å². The number of hydrogen-bond donors (Lipinski definition) is 2. The maximum atomic E-state index is 11.8. The van der Waals surface area contributed by atoms with Crippen LogP contribution < -0.4 is 11.1 Å². The van der Waals surface area contributed by atoms with Gasteiger partial charge in [0.25, 0.3) is 0 Å². The Morgan fingerprint density at radius 1 is 1.52 bits per heavy atom. The fourth-order valence-corrected chi connectivity index (χ4v) is 3.74. The Bertz CT molecular complexity index is 696. The van der Waals surface area contributed by atoms with Crippen molar-refractivity contribution in [3.63, 3.8) is 0 Å². The molecule has 0 aliphatic carbocycles. The molecule has 1 unspecified atom stereocenters. The largest absolute Gasteiger partial charge is 0.383 e. The zero-order valence-corrected chi connectivity index (χ0v) is 13.9. The highest BCUT2D eigenvalue weighted by Crippen LogP contribution is 2.34. The standard InChI is InChI=1S/C14H18N4OS2/c1-5-6-16-12(19)9(4)21-14-17-11(15)10-7(2)8(3)20-13(10)18-14/h5,9H,1,6H2,2-4H3,(H,16,19)(H2,15,17,18). The Labute approximate surface area is 132 Å². The molecule has 2 heterocycles. The fourth-order valence-electron chi connectivity index (χ4n) is 1.84. The molecule has 2 aromatic rings. The molecule has 5 nitrogen and oxygen atoms in total. The van der Waals surface area contributed by atoms with Crippen LogP contribution in [0, 0.1) is 13.8 Å². The highest BCUT2D eigenvalue weighted by atomic mass is 32.2. The van der Waals surface area contributed by atoms with E-state index in [0.717, 1.165) is 15.8 Å². The second kappa shape index (κ2) is 6.44. The number of aryl methyl sites for hydroxylation is 2. The third kappa shape index (κ3) is 3.36. The van der Waals surface area contributed by atoms with Crippen LogP contribution in [-0.2, 0) is 4.79 Å². The molecule has 2 rings (SSSR count). The van der Waals surface area contributed by atoms with E-state index in [-0.39, 0.29) is 11.2 Å². The summed E-state index contributed by atoms with van der Waals surface area (Å²) in [6.45, 7) is 9.90. The van der Waals surface area contributed by atoms with E-state index in [9.17, 15) is 4.79 Å². The van der Waals surface area contributed by atoms with E-state index in [1.807, 2.05) is 20.8 Å². The van der Waals surface area contributed by atoms with Crippen molar-refractivity contribution in [2.75, 3.05) is 12.3 Å². The number of aromatic nitrogens is 2. The van der Waals surface area contributed by atoms with Crippen molar-refractivity contribution in [2.45, 2.75) is 31.2 Å². The van der Waals surface area contributed by atoms with Crippen molar-refractivity contribution in [1.29, 1.82) is 0 Å². The van der Waals surface area contributed by atoms with Crippen LogP contribution in [0.3, 0.4) is 0 Å². The van der Waals surface area contributed by atoms with Gasteiger partial charge in [0.05, 0.1) is 10.6 Å². The van der Waals surface area contributed by atoms with Crippen molar-refractivity contribution in [2.24, 2.45) is 0 Å². The van der Waals surface area contributed by atoms with Gasteiger partial charge in [-0.1, -0.05) is 17.8 Å². The number of hydrogen-bond acceptors (Lipinski definition) is 6. The summed E-state index contributed by atoms with van der Waals surface area (Å²) in [7, 11) is 0. The minimum absolute atomic E-state index is 0.0688. The quantitative estimate of drug-likeness (QED) is 0.502. The van der Waals surface area contributed by atoms with Crippen molar-refractivity contribution in [3.8, 4) is 0 Å². The van der Waals surface area contributed by atoms with Crippen molar-refractivity contribution < 1.29 is 4.79 Å². The predicted octanol–water partition coefficient (Wildman–Crippen LogP) is 2.67. The lowest BCUT2D eigenvalue weighted by molar-refractivity contribution is -0.120. The molecule has 7 heteroatoms. The molecule has 0 fully saturated rings. The van der Waals surface area contributed by atoms with Gasteiger partial charge in [0, 0.05) is 11.4 Å². The minimum atomic E-state index is -0.288. The maximum Gasteiger partial charge on any atom is 0.233 e. The molecule has 0 spiro atoms. The van der Waals surface area contributed by atoms with Crippen LogP contribution in [0.15, 0.2) is 17.8 Å². The average Bonchev–Trinajstić information content (AvgIpc) is 2.71. The Hall–Kier alpha value is -1.60. The van der Waals surface area contributed by atoms with Crippen LogP contribution in [0.4, 0.5) is 5.82 Å². The molecule has 0 aromatic carbocycles. The van der Waals surface area contributed by atoms with Crippen LogP contribution >= 0.6 is 23.1 Å². The topological polar surface area (TPSA) is 80.9 Å². The van der Waals surface area contributed by atoms with Crippen LogP contribution in [0.25, 0.3) is 10.2 Å². The zero-order chi connectivity index (χ0) is 15.6. The molecule has 0 radical (unpaired) electrons. The lowest BCUT2D eigenvalue weighted by atomic mass is 10.2. The molecule has 0 bridgehead atoms. The van der Waals surface area contributed by atoms with Crippen LogP contribution in [0.2, 0.25) is 0 Å². The Balaban J connectivity index is 2.23. The first-order chi connectivity index (χ1) is 9.93. The summed E-state index contributed by atoms with van der Waals surface area (Å²) in [6, 6.07) is 0. The lowest BCUT2D eigenvalue weighted by Gasteiger charge is -2.10. The second-order valence-electron chi connectivity index (χ2n) is 4.65. The predicted molar refractivity (Wildman–Crippen MR) is 89.8 cm³/mol. The number of nitrogens with zero attached hydrogens (tertiary/aromatic N) is 2. The molecule has 112 valence electrons. The van der Waals surface area contributed by atoms with Gasteiger partial charge in [-0.15, -0.1) is 17.9 Å². The van der Waals surface area contributed by atoms with Gasteiger partial charge in [-0.3, -0.25) is 4.79 Å². The molecule has 0 aliphatic rings.